The molecule has 0 N–H and O–H groups in total. The maximum absolute atomic E-state index is 13.1. The summed E-state index contributed by atoms with van der Waals surface area (Å²) in [7, 11) is 0. The van der Waals surface area contributed by atoms with Gasteiger partial charge in [0.05, 0.1) is 23.1 Å². The highest BCUT2D eigenvalue weighted by Gasteiger charge is 2.35. The Morgan fingerprint density at radius 1 is 1.20 bits per heavy atom. The molecule has 2 aromatic rings. The molecule has 156 valence electrons. The van der Waals surface area contributed by atoms with Crippen molar-refractivity contribution in [3.63, 3.8) is 0 Å². The summed E-state index contributed by atoms with van der Waals surface area (Å²) in [6.45, 7) is 6.18. The van der Waals surface area contributed by atoms with Gasteiger partial charge in [-0.1, -0.05) is 36.4 Å². The van der Waals surface area contributed by atoms with Crippen LogP contribution in [0.3, 0.4) is 0 Å². The zero-order valence-electron chi connectivity index (χ0n) is 16.2. The van der Waals surface area contributed by atoms with Gasteiger partial charge in [0.15, 0.2) is 11.5 Å². The van der Waals surface area contributed by atoms with Crippen molar-refractivity contribution in [1.29, 1.82) is 0 Å². The summed E-state index contributed by atoms with van der Waals surface area (Å²) in [6, 6.07) is 8.99. The van der Waals surface area contributed by atoms with E-state index in [1.165, 1.54) is 12.1 Å². The molecule has 0 aromatic heterocycles. The Bertz CT molecular complexity index is 1010. The molecule has 3 rings (SSSR count). The van der Waals surface area contributed by atoms with Crippen LogP contribution in [0.25, 0.3) is 6.08 Å². The van der Waals surface area contributed by atoms with Gasteiger partial charge in [0.25, 0.3) is 11.1 Å². The molecule has 1 aliphatic rings. The lowest BCUT2D eigenvalue weighted by Gasteiger charge is -2.14. The Labute approximate surface area is 183 Å². The van der Waals surface area contributed by atoms with Crippen LogP contribution in [0.1, 0.15) is 18.1 Å². The Morgan fingerprint density at radius 3 is 2.60 bits per heavy atom. The van der Waals surface area contributed by atoms with Crippen molar-refractivity contribution in [3.05, 3.63) is 75.9 Å². The van der Waals surface area contributed by atoms with Crippen LogP contribution in [0.2, 0.25) is 5.02 Å². The van der Waals surface area contributed by atoms with Crippen LogP contribution < -0.4 is 9.47 Å². The fourth-order valence-corrected chi connectivity index (χ4v) is 3.89. The number of halogens is 2. The number of hydrogen-bond donors (Lipinski definition) is 0. The number of amides is 2. The van der Waals surface area contributed by atoms with E-state index in [1.807, 2.05) is 6.92 Å². The number of thioether (sulfide) groups is 1. The van der Waals surface area contributed by atoms with Crippen LogP contribution in [0.15, 0.2) is 54.0 Å². The molecule has 2 amide bonds. The first kappa shape index (κ1) is 21.9. The highest BCUT2D eigenvalue weighted by atomic mass is 35.5. The minimum atomic E-state index is -0.421. The number of nitrogens with zero attached hydrogens (tertiary/aromatic N) is 1. The fourth-order valence-electron chi connectivity index (χ4n) is 2.78. The molecule has 0 radical (unpaired) electrons. The average molecular weight is 448 g/mol. The van der Waals surface area contributed by atoms with Crippen molar-refractivity contribution in [3.8, 4) is 11.5 Å². The van der Waals surface area contributed by atoms with Gasteiger partial charge >= 0.3 is 0 Å². The highest BCUT2D eigenvalue weighted by Crippen LogP contribution is 2.39. The summed E-state index contributed by atoms with van der Waals surface area (Å²) in [5.74, 6) is 0.0225. The summed E-state index contributed by atoms with van der Waals surface area (Å²) in [5.41, 5.74) is 1.26. The van der Waals surface area contributed by atoms with E-state index in [0.29, 0.717) is 34.3 Å². The molecule has 0 atom stereocenters. The predicted molar refractivity (Wildman–Crippen MR) is 116 cm³/mol. The molecule has 5 nitrogen and oxygen atoms in total. The third-order valence-corrected chi connectivity index (χ3v) is 5.29. The van der Waals surface area contributed by atoms with Gasteiger partial charge in [-0.05, 0) is 60.2 Å². The zero-order valence-corrected chi connectivity index (χ0v) is 17.8. The highest BCUT2D eigenvalue weighted by molar-refractivity contribution is 8.18. The number of ether oxygens (including phenoxy) is 2. The van der Waals surface area contributed by atoms with Crippen molar-refractivity contribution in [2.24, 2.45) is 0 Å². The Kier molecular flexibility index (Phi) is 7.18. The van der Waals surface area contributed by atoms with Crippen molar-refractivity contribution in [2.75, 3.05) is 13.2 Å². The Hall–Kier alpha value is -2.77. The first-order valence-electron chi connectivity index (χ1n) is 9.12. The van der Waals surface area contributed by atoms with E-state index >= 15 is 0 Å². The van der Waals surface area contributed by atoms with Crippen LogP contribution in [0, 0.1) is 5.82 Å². The van der Waals surface area contributed by atoms with Crippen LogP contribution in [0.4, 0.5) is 9.18 Å². The number of benzene rings is 2. The first-order chi connectivity index (χ1) is 14.4. The van der Waals surface area contributed by atoms with Crippen LogP contribution >= 0.6 is 23.4 Å². The molecule has 30 heavy (non-hydrogen) atoms. The topological polar surface area (TPSA) is 55.8 Å². The van der Waals surface area contributed by atoms with E-state index in [-0.39, 0.29) is 23.9 Å². The normalized spacial score (nSPS) is 15.0. The summed E-state index contributed by atoms with van der Waals surface area (Å²) in [4.78, 5) is 26.5. The SMILES string of the molecule is C=CCOc1c(Cl)cc(/C=C2\SC(=O)N(Cc3ccc(F)cc3)C2=O)cc1OCC. The second-order valence-electron chi connectivity index (χ2n) is 6.26. The van der Waals surface area contributed by atoms with Crippen molar-refractivity contribution in [1.82, 2.24) is 4.90 Å². The monoisotopic (exact) mass is 447 g/mol. The van der Waals surface area contributed by atoms with E-state index in [2.05, 4.69) is 6.58 Å². The number of imide groups is 1. The number of carbonyl (C=O) groups excluding carboxylic acids is 2. The summed E-state index contributed by atoms with van der Waals surface area (Å²) >= 11 is 7.18. The van der Waals surface area contributed by atoms with Gasteiger partial charge < -0.3 is 9.47 Å². The molecule has 0 bridgehead atoms. The molecule has 0 spiro atoms. The summed E-state index contributed by atoms with van der Waals surface area (Å²) in [5, 5.41) is -0.0720. The smallest absolute Gasteiger partial charge is 0.293 e. The molecule has 1 saturated heterocycles. The molecule has 2 aromatic carbocycles. The minimum absolute atomic E-state index is 0.0710. The lowest BCUT2D eigenvalue weighted by atomic mass is 10.1. The van der Waals surface area contributed by atoms with Crippen molar-refractivity contribution in [2.45, 2.75) is 13.5 Å². The van der Waals surface area contributed by atoms with E-state index in [9.17, 15) is 14.0 Å². The quantitative estimate of drug-likeness (QED) is 0.385. The molecular weight excluding hydrogens is 429 g/mol. The molecular formula is C22H19ClFNO4S. The lowest BCUT2D eigenvalue weighted by Crippen LogP contribution is -2.27. The molecule has 0 unspecified atom stereocenters. The van der Waals surface area contributed by atoms with Gasteiger partial charge in [0.1, 0.15) is 12.4 Å². The van der Waals surface area contributed by atoms with Crippen LogP contribution in [0.5, 0.6) is 11.5 Å². The average Bonchev–Trinajstić information content (AvgIpc) is 2.96. The second kappa shape index (κ2) is 9.82. The summed E-state index contributed by atoms with van der Waals surface area (Å²) in [6.07, 6.45) is 3.18. The van der Waals surface area contributed by atoms with Gasteiger partial charge in [-0.2, -0.15) is 0 Å². The van der Waals surface area contributed by atoms with Gasteiger partial charge in [0, 0.05) is 0 Å². The lowest BCUT2D eigenvalue weighted by molar-refractivity contribution is -0.123. The molecule has 1 aliphatic heterocycles. The Morgan fingerprint density at radius 2 is 1.93 bits per heavy atom. The molecule has 0 aliphatic carbocycles. The predicted octanol–water partition coefficient (Wildman–Crippen LogP) is 5.68. The first-order valence-corrected chi connectivity index (χ1v) is 10.3. The van der Waals surface area contributed by atoms with Crippen molar-refractivity contribution >= 4 is 40.6 Å². The van der Waals surface area contributed by atoms with Gasteiger partial charge in [-0.25, -0.2) is 4.39 Å². The second-order valence-corrected chi connectivity index (χ2v) is 7.66. The van der Waals surface area contributed by atoms with E-state index in [4.69, 9.17) is 21.1 Å². The van der Waals surface area contributed by atoms with Crippen LogP contribution in [-0.2, 0) is 11.3 Å². The third-order valence-electron chi connectivity index (χ3n) is 4.10. The third kappa shape index (κ3) is 5.04. The van der Waals surface area contributed by atoms with E-state index in [1.54, 1.807) is 36.4 Å². The molecule has 0 saturated carbocycles. The molecule has 1 heterocycles. The number of hydrogen-bond acceptors (Lipinski definition) is 5. The van der Waals surface area contributed by atoms with E-state index in [0.717, 1.165) is 16.7 Å². The fraction of sp³-hybridized carbons (Fsp3) is 0.182. The largest absolute Gasteiger partial charge is 0.490 e. The summed E-state index contributed by atoms with van der Waals surface area (Å²) < 4.78 is 24.3. The van der Waals surface area contributed by atoms with Crippen LogP contribution in [-0.4, -0.2) is 29.3 Å². The van der Waals surface area contributed by atoms with Crippen molar-refractivity contribution < 1.29 is 23.5 Å². The van der Waals surface area contributed by atoms with Gasteiger partial charge in [-0.3, -0.25) is 14.5 Å². The molecule has 8 heteroatoms. The maximum atomic E-state index is 13.1. The standard InChI is InChI=1S/C22H19ClFNO4S/c1-3-9-29-20-17(23)10-15(11-18(20)28-4-2)12-19-21(26)25(22(27)30-19)13-14-5-7-16(24)8-6-14/h3,5-8,10-12H,1,4,9,13H2,2H3/b19-12-. The zero-order chi connectivity index (χ0) is 21.7. The number of carbonyl (C=O) groups is 2. The molecule has 1 fully saturated rings. The maximum Gasteiger partial charge on any atom is 0.293 e. The van der Waals surface area contributed by atoms with E-state index < -0.39 is 11.1 Å². The Balaban J connectivity index is 1.85. The van der Waals surface area contributed by atoms with Gasteiger partial charge in [0.2, 0.25) is 0 Å². The van der Waals surface area contributed by atoms with Gasteiger partial charge in [-0.15, -0.1) is 0 Å². The minimum Gasteiger partial charge on any atom is -0.490 e. The number of rotatable bonds is 8.